The topological polar surface area (TPSA) is 91.7 Å². The van der Waals surface area contributed by atoms with E-state index >= 15 is 0 Å². The Hall–Kier alpha value is -3.16. The van der Waals surface area contributed by atoms with E-state index in [2.05, 4.69) is 25.6 Å². The monoisotopic (exact) mass is 365 g/mol. The maximum Gasteiger partial charge on any atom is 0.317 e. The number of likely N-dealkylation sites (tertiary alicyclic amines) is 1. The molecule has 0 unspecified atom stereocenters. The number of H-pyrrole nitrogens is 1. The molecule has 3 aromatic rings. The Morgan fingerprint density at radius 3 is 3.07 bits per heavy atom. The van der Waals surface area contributed by atoms with Crippen molar-refractivity contribution in [3.63, 3.8) is 0 Å². The van der Waals surface area contributed by atoms with Crippen LogP contribution in [0.25, 0.3) is 5.69 Å². The van der Waals surface area contributed by atoms with E-state index in [0.29, 0.717) is 13.1 Å². The summed E-state index contributed by atoms with van der Waals surface area (Å²) in [6, 6.07) is 9.84. The number of benzene rings is 1. The molecule has 1 aliphatic heterocycles. The van der Waals surface area contributed by atoms with Crippen LogP contribution in [0.15, 0.2) is 42.7 Å². The standard InChI is InChI=1S/C19H23N7O/c1-14-22-18(24-23-14)16-6-3-9-25(13-16)19(27)20-12-15-5-2-7-17(11-15)26-10-4-8-21-26/h2,4-5,7-8,10-11,16H,3,6,9,12-13H2,1H3,(H,20,27)(H,22,23,24)/t16-/m0/s1. The van der Waals surface area contributed by atoms with Crippen LogP contribution in [0.3, 0.4) is 0 Å². The second kappa shape index (κ2) is 7.61. The van der Waals surface area contributed by atoms with Crippen LogP contribution in [-0.2, 0) is 6.54 Å². The van der Waals surface area contributed by atoms with Crippen LogP contribution >= 0.6 is 0 Å². The molecule has 1 atom stereocenters. The van der Waals surface area contributed by atoms with Crippen molar-refractivity contribution in [1.82, 2.24) is 35.2 Å². The molecule has 1 aromatic carbocycles. The van der Waals surface area contributed by atoms with Crippen LogP contribution in [0.4, 0.5) is 4.79 Å². The van der Waals surface area contributed by atoms with Gasteiger partial charge in [0.2, 0.25) is 0 Å². The highest BCUT2D eigenvalue weighted by Gasteiger charge is 2.27. The maximum absolute atomic E-state index is 12.6. The third-order valence-electron chi connectivity index (χ3n) is 4.81. The van der Waals surface area contributed by atoms with E-state index in [1.54, 1.807) is 10.9 Å². The van der Waals surface area contributed by atoms with Crippen LogP contribution in [0.2, 0.25) is 0 Å². The van der Waals surface area contributed by atoms with Crippen molar-refractivity contribution in [3.05, 3.63) is 59.9 Å². The van der Waals surface area contributed by atoms with Crippen molar-refractivity contribution >= 4 is 6.03 Å². The molecule has 4 rings (SSSR count). The molecule has 1 fully saturated rings. The normalized spacial score (nSPS) is 17.1. The first-order valence-corrected chi connectivity index (χ1v) is 9.19. The van der Waals surface area contributed by atoms with E-state index in [0.717, 1.165) is 42.3 Å². The number of nitrogens with zero attached hydrogens (tertiary/aromatic N) is 5. The number of urea groups is 1. The van der Waals surface area contributed by atoms with Gasteiger partial charge in [-0.05, 0) is 43.5 Å². The summed E-state index contributed by atoms with van der Waals surface area (Å²) < 4.78 is 1.80. The Kier molecular flexibility index (Phi) is 4.86. The lowest BCUT2D eigenvalue weighted by atomic mass is 9.98. The van der Waals surface area contributed by atoms with Gasteiger partial charge in [0.1, 0.15) is 5.82 Å². The van der Waals surface area contributed by atoms with E-state index in [1.165, 1.54) is 0 Å². The summed E-state index contributed by atoms with van der Waals surface area (Å²) in [6.07, 6.45) is 5.61. The predicted molar refractivity (Wildman–Crippen MR) is 100 cm³/mol. The van der Waals surface area contributed by atoms with Crippen molar-refractivity contribution in [2.75, 3.05) is 13.1 Å². The summed E-state index contributed by atoms with van der Waals surface area (Å²) >= 11 is 0. The maximum atomic E-state index is 12.6. The zero-order valence-electron chi connectivity index (χ0n) is 15.3. The number of aryl methyl sites for hydroxylation is 1. The molecular formula is C19H23N7O. The number of hydrogen-bond acceptors (Lipinski definition) is 4. The zero-order valence-corrected chi connectivity index (χ0v) is 15.3. The molecule has 0 saturated carbocycles. The minimum absolute atomic E-state index is 0.0450. The van der Waals surface area contributed by atoms with E-state index in [9.17, 15) is 4.79 Å². The molecule has 0 bridgehead atoms. The fraction of sp³-hybridized carbons (Fsp3) is 0.368. The molecule has 0 aliphatic carbocycles. The molecule has 2 aromatic heterocycles. The van der Waals surface area contributed by atoms with Crippen LogP contribution in [-0.4, -0.2) is 49.0 Å². The van der Waals surface area contributed by atoms with E-state index in [4.69, 9.17) is 0 Å². The fourth-order valence-corrected chi connectivity index (χ4v) is 3.43. The number of aromatic amines is 1. The molecule has 8 nitrogen and oxygen atoms in total. The third-order valence-corrected chi connectivity index (χ3v) is 4.81. The highest BCUT2D eigenvalue weighted by Crippen LogP contribution is 2.24. The van der Waals surface area contributed by atoms with Crippen LogP contribution in [0, 0.1) is 6.92 Å². The van der Waals surface area contributed by atoms with Gasteiger partial charge in [0.25, 0.3) is 0 Å². The lowest BCUT2D eigenvalue weighted by Crippen LogP contribution is -2.44. The van der Waals surface area contributed by atoms with Gasteiger partial charge in [-0.15, -0.1) is 0 Å². The minimum Gasteiger partial charge on any atom is -0.334 e. The predicted octanol–water partition coefficient (Wildman–Crippen LogP) is 2.39. The van der Waals surface area contributed by atoms with Crippen molar-refractivity contribution < 1.29 is 4.79 Å². The molecule has 0 spiro atoms. The van der Waals surface area contributed by atoms with Crippen LogP contribution in [0.1, 0.15) is 36.0 Å². The summed E-state index contributed by atoms with van der Waals surface area (Å²) in [6.45, 7) is 3.78. The van der Waals surface area contributed by atoms with E-state index in [1.807, 2.05) is 48.4 Å². The minimum atomic E-state index is -0.0450. The average molecular weight is 365 g/mol. The van der Waals surface area contributed by atoms with Crippen molar-refractivity contribution in [3.8, 4) is 5.69 Å². The Labute approximate surface area is 157 Å². The molecule has 2 N–H and O–H groups in total. The number of hydrogen-bond donors (Lipinski definition) is 2. The molecule has 1 aliphatic rings. The first kappa shape index (κ1) is 17.3. The van der Waals surface area contributed by atoms with Gasteiger partial charge in [-0.1, -0.05) is 12.1 Å². The summed E-state index contributed by atoms with van der Waals surface area (Å²) in [7, 11) is 0. The van der Waals surface area contributed by atoms with Crippen molar-refractivity contribution in [2.45, 2.75) is 32.2 Å². The Bertz CT molecular complexity index is 902. The highest BCUT2D eigenvalue weighted by atomic mass is 16.2. The van der Waals surface area contributed by atoms with Gasteiger partial charge in [-0.25, -0.2) is 14.5 Å². The second-order valence-corrected chi connectivity index (χ2v) is 6.84. The summed E-state index contributed by atoms with van der Waals surface area (Å²) in [5, 5.41) is 14.4. The molecule has 3 heterocycles. The molecule has 1 saturated heterocycles. The van der Waals surface area contributed by atoms with Gasteiger partial charge in [-0.2, -0.15) is 10.2 Å². The number of carbonyl (C=O) groups excluding carboxylic acids is 1. The third kappa shape index (κ3) is 3.99. The number of nitrogens with one attached hydrogen (secondary N) is 2. The zero-order chi connectivity index (χ0) is 18.6. The van der Waals surface area contributed by atoms with Gasteiger partial charge in [-0.3, -0.25) is 5.10 Å². The smallest absolute Gasteiger partial charge is 0.317 e. The lowest BCUT2D eigenvalue weighted by molar-refractivity contribution is 0.178. The van der Waals surface area contributed by atoms with E-state index in [-0.39, 0.29) is 11.9 Å². The first-order valence-electron chi connectivity index (χ1n) is 9.19. The Morgan fingerprint density at radius 1 is 1.37 bits per heavy atom. The van der Waals surface area contributed by atoms with Gasteiger partial charge < -0.3 is 10.2 Å². The van der Waals surface area contributed by atoms with Crippen LogP contribution in [0.5, 0.6) is 0 Å². The van der Waals surface area contributed by atoms with Gasteiger partial charge in [0.15, 0.2) is 5.82 Å². The first-order chi connectivity index (χ1) is 13.2. The largest absolute Gasteiger partial charge is 0.334 e. The molecular weight excluding hydrogens is 342 g/mol. The Morgan fingerprint density at radius 2 is 2.30 bits per heavy atom. The summed E-state index contributed by atoms with van der Waals surface area (Å²) in [4.78, 5) is 18.9. The molecule has 140 valence electrons. The molecule has 8 heteroatoms. The van der Waals surface area contributed by atoms with E-state index < -0.39 is 0 Å². The van der Waals surface area contributed by atoms with Crippen molar-refractivity contribution in [2.24, 2.45) is 0 Å². The van der Waals surface area contributed by atoms with Gasteiger partial charge >= 0.3 is 6.03 Å². The average Bonchev–Trinajstić information content (AvgIpc) is 3.38. The lowest BCUT2D eigenvalue weighted by Gasteiger charge is -2.31. The van der Waals surface area contributed by atoms with Crippen LogP contribution < -0.4 is 5.32 Å². The molecule has 27 heavy (non-hydrogen) atoms. The number of carbonyl (C=O) groups is 1. The quantitative estimate of drug-likeness (QED) is 0.743. The number of aromatic nitrogens is 5. The number of rotatable bonds is 4. The fourth-order valence-electron chi connectivity index (χ4n) is 3.43. The van der Waals surface area contributed by atoms with Gasteiger partial charge in [0.05, 0.1) is 5.69 Å². The summed E-state index contributed by atoms with van der Waals surface area (Å²) in [5.74, 6) is 1.80. The second-order valence-electron chi connectivity index (χ2n) is 6.84. The number of amides is 2. The Balaban J connectivity index is 1.36. The number of piperidine rings is 1. The SMILES string of the molecule is Cc1nc([C@H]2CCCN(C(=O)NCc3cccc(-n4cccn4)c3)C2)n[nH]1. The van der Waals surface area contributed by atoms with Crippen molar-refractivity contribution in [1.29, 1.82) is 0 Å². The molecule has 0 radical (unpaired) electrons. The van der Waals surface area contributed by atoms with Gasteiger partial charge in [0, 0.05) is 37.9 Å². The molecule has 2 amide bonds. The summed E-state index contributed by atoms with van der Waals surface area (Å²) in [5.41, 5.74) is 2.01. The highest BCUT2D eigenvalue weighted by molar-refractivity contribution is 5.74.